The number of aromatic nitrogens is 1. The summed E-state index contributed by atoms with van der Waals surface area (Å²) in [5, 5.41) is 3.70. The third-order valence-corrected chi connectivity index (χ3v) is 3.93. The summed E-state index contributed by atoms with van der Waals surface area (Å²) >= 11 is 0. The monoisotopic (exact) mass is 218 g/mol. The van der Waals surface area contributed by atoms with Gasteiger partial charge in [0, 0.05) is 25.0 Å². The van der Waals surface area contributed by atoms with Crippen molar-refractivity contribution in [3.05, 3.63) is 29.6 Å². The molecular weight excluding hydrogens is 196 g/mol. The molecule has 1 atom stereocenters. The van der Waals surface area contributed by atoms with Crippen molar-refractivity contribution in [3.8, 4) is 0 Å². The van der Waals surface area contributed by atoms with Crippen LogP contribution in [-0.4, -0.2) is 11.0 Å². The first kappa shape index (κ1) is 11.6. The van der Waals surface area contributed by atoms with Crippen LogP contribution < -0.4 is 5.32 Å². The fourth-order valence-corrected chi connectivity index (χ4v) is 2.64. The van der Waals surface area contributed by atoms with Crippen molar-refractivity contribution in [1.82, 2.24) is 10.3 Å². The number of hydrogen-bond donors (Lipinski definition) is 1. The maximum atomic E-state index is 4.13. The molecule has 1 aliphatic carbocycles. The van der Waals surface area contributed by atoms with Crippen molar-refractivity contribution in [3.63, 3.8) is 0 Å². The lowest BCUT2D eigenvalue weighted by atomic mass is 9.87. The lowest BCUT2D eigenvalue weighted by Gasteiger charge is -2.28. The Morgan fingerprint density at radius 1 is 1.50 bits per heavy atom. The molecule has 2 rings (SSSR count). The van der Waals surface area contributed by atoms with Crippen LogP contribution in [0.2, 0.25) is 0 Å². The van der Waals surface area contributed by atoms with E-state index in [1.54, 1.807) is 0 Å². The summed E-state index contributed by atoms with van der Waals surface area (Å²) in [4.78, 5) is 4.13. The van der Waals surface area contributed by atoms with Gasteiger partial charge >= 0.3 is 0 Å². The molecule has 0 radical (unpaired) electrons. The average Bonchev–Trinajstić information content (AvgIpc) is 2.57. The van der Waals surface area contributed by atoms with Crippen molar-refractivity contribution >= 4 is 0 Å². The van der Waals surface area contributed by atoms with Gasteiger partial charge in [0.2, 0.25) is 0 Å². The Bertz CT molecular complexity index is 358. The third-order valence-electron chi connectivity index (χ3n) is 3.93. The second kappa shape index (κ2) is 4.54. The van der Waals surface area contributed by atoms with Gasteiger partial charge in [-0.05, 0) is 42.4 Å². The van der Waals surface area contributed by atoms with Crippen molar-refractivity contribution in [2.45, 2.75) is 52.6 Å². The zero-order chi connectivity index (χ0) is 11.6. The molecule has 16 heavy (non-hydrogen) atoms. The van der Waals surface area contributed by atoms with Crippen LogP contribution in [0.5, 0.6) is 0 Å². The fraction of sp³-hybridized carbons (Fsp3) is 0.643. The van der Waals surface area contributed by atoms with Gasteiger partial charge in [-0.15, -0.1) is 0 Å². The Labute approximate surface area is 98.5 Å². The van der Waals surface area contributed by atoms with Crippen LogP contribution in [0, 0.1) is 12.3 Å². The average molecular weight is 218 g/mol. The highest BCUT2D eigenvalue weighted by Gasteiger charge is 2.33. The quantitative estimate of drug-likeness (QED) is 0.843. The predicted molar refractivity (Wildman–Crippen MR) is 67.2 cm³/mol. The Kier molecular flexibility index (Phi) is 3.29. The Hall–Kier alpha value is -0.890. The maximum absolute atomic E-state index is 4.13. The Balaban J connectivity index is 1.95. The minimum Gasteiger partial charge on any atom is -0.309 e. The maximum Gasteiger partial charge on any atom is 0.0300 e. The van der Waals surface area contributed by atoms with Crippen LogP contribution in [0.1, 0.15) is 44.2 Å². The molecule has 1 fully saturated rings. The summed E-state index contributed by atoms with van der Waals surface area (Å²) in [6.45, 7) is 7.85. The fourth-order valence-electron chi connectivity index (χ4n) is 2.64. The van der Waals surface area contributed by atoms with E-state index in [1.165, 1.54) is 30.4 Å². The second-order valence-corrected chi connectivity index (χ2v) is 5.62. The molecule has 0 saturated heterocycles. The van der Waals surface area contributed by atoms with Gasteiger partial charge in [0.05, 0.1) is 0 Å². The summed E-state index contributed by atoms with van der Waals surface area (Å²) in [6.07, 6.45) is 7.84. The van der Waals surface area contributed by atoms with E-state index in [4.69, 9.17) is 0 Å². The zero-order valence-electron chi connectivity index (χ0n) is 10.6. The van der Waals surface area contributed by atoms with E-state index >= 15 is 0 Å². The SMILES string of the molecule is Cc1cnccc1CNC1CCCC1(C)C. The van der Waals surface area contributed by atoms with Crippen molar-refractivity contribution in [1.29, 1.82) is 0 Å². The molecule has 0 amide bonds. The van der Waals surface area contributed by atoms with Gasteiger partial charge < -0.3 is 5.32 Å². The molecule has 1 unspecified atom stereocenters. The highest BCUT2D eigenvalue weighted by molar-refractivity contribution is 5.21. The predicted octanol–water partition coefficient (Wildman–Crippen LogP) is 3.06. The van der Waals surface area contributed by atoms with Crippen molar-refractivity contribution < 1.29 is 0 Å². The van der Waals surface area contributed by atoms with Crippen molar-refractivity contribution in [2.24, 2.45) is 5.41 Å². The van der Waals surface area contributed by atoms with Crippen LogP contribution >= 0.6 is 0 Å². The standard InChI is InChI=1S/C14H22N2/c1-11-9-15-8-6-12(11)10-16-13-5-4-7-14(13,2)3/h6,8-9,13,16H,4-5,7,10H2,1-3H3. The number of hydrogen-bond acceptors (Lipinski definition) is 2. The molecule has 0 aliphatic heterocycles. The molecule has 1 aromatic heterocycles. The van der Waals surface area contributed by atoms with E-state index in [0.29, 0.717) is 11.5 Å². The van der Waals surface area contributed by atoms with Crippen molar-refractivity contribution in [2.75, 3.05) is 0 Å². The number of pyridine rings is 1. The molecule has 1 aromatic rings. The minimum atomic E-state index is 0.459. The van der Waals surface area contributed by atoms with E-state index in [1.807, 2.05) is 12.4 Å². The summed E-state index contributed by atoms with van der Waals surface area (Å²) in [5.41, 5.74) is 3.12. The number of nitrogens with one attached hydrogen (secondary N) is 1. The third kappa shape index (κ3) is 2.43. The van der Waals surface area contributed by atoms with E-state index < -0.39 is 0 Å². The van der Waals surface area contributed by atoms with Crippen LogP contribution in [0.3, 0.4) is 0 Å². The molecule has 1 saturated carbocycles. The smallest absolute Gasteiger partial charge is 0.0300 e. The molecular formula is C14H22N2. The lowest BCUT2D eigenvalue weighted by molar-refractivity contribution is 0.282. The van der Waals surface area contributed by atoms with Gasteiger partial charge in [0.15, 0.2) is 0 Å². The topological polar surface area (TPSA) is 24.9 Å². The first-order valence-corrected chi connectivity index (χ1v) is 6.22. The second-order valence-electron chi connectivity index (χ2n) is 5.62. The van der Waals surface area contributed by atoms with Crippen LogP contribution in [-0.2, 0) is 6.54 Å². The first-order valence-electron chi connectivity index (χ1n) is 6.22. The highest BCUT2D eigenvalue weighted by atomic mass is 14.9. The summed E-state index contributed by atoms with van der Waals surface area (Å²) in [6, 6.07) is 2.78. The van der Waals surface area contributed by atoms with Gasteiger partial charge in [0.1, 0.15) is 0 Å². The van der Waals surface area contributed by atoms with Gasteiger partial charge in [-0.1, -0.05) is 20.3 Å². The summed E-state index contributed by atoms with van der Waals surface area (Å²) in [5.74, 6) is 0. The molecule has 0 aromatic carbocycles. The van der Waals surface area contributed by atoms with Crippen LogP contribution in [0.15, 0.2) is 18.5 Å². The van der Waals surface area contributed by atoms with Gasteiger partial charge in [0.25, 0.3) is 0 Å². The number of rotatable bonds is 3. The molecule has 2 nitrogen and oxygen atoms in total. The normalized spacial score (nSPS) is 23.6. The number of nitrogens with zero attached hydrogens (tertiary/aromatic N) is 1. The van der Waals surface area contributed by atoms with Crippen LogP contribution in [0.4, 0.5) is 0 Å². The molecule has 1 aliphatic rings. The summed E-state index contributed by atoms with van der Waals surface area (Å²) < 4.78 is 0. The van der Waals surface area contributed by atoms with E-state index in [2.05, 4.69) is 37.1 Å². The largest absolute Gasteiger partial charge is 0.309 e. The van der Waals surface area contributed by atoms with Crippen LogP contribution in [0.25, 0.3) is 0 Å². The Morgan fingerprint density at radius 2 is 2.31 bits per heavy atom. The molecule has 1 N–H and O–H groups in total. The number of aryl methyl sites for hydroxylation is 1. The minimum absolute atomic E-state index is 0.459. The van der Waals surface area contributed by atoms with E-state index in [0.717, 1.165) is 6.54 Å². The van der Waals surface area contributed by atoms with E-state index in [9.17, 15) is 0 Å². The highest BCUT2D eigenvalue weighted by Crippen LogP contribution is 2.37. The molecule has 0 bridgehead atoms. The van der Waals surface area contributed by atoms with Gasteiger partial charge in [-0.2, -0.15) is 0 Å². The molecule has 0 spiro atoms. The zero-order valence-corrected chi connectivity index (χ0v) is 10.6. The summed E-state index contributed by atoms with van der Waals surface area (Å²) in [7, 11) is 0. The molecule has 88 valence electrons. The molecule has 2 heteroatoms. The van der Waals surface area contributed by atoms with E-state index in [-0.39, 0.29) is 0 Å². The Morgan fingerprint density at radius 3 is 2.94 bits per heavy atom. The molecule has 1 heterocycles. The van der Waals surface area contributed by atoms with Gasteiger partial charge in [-0.3, -0.25) is 4.98 Å². The first-order chi connectivity index (χ1) is 7.59. The van der Waals surface area contributed by atoms with Gasteiger partial charge in [-0.25, -0.2) is 0 Å². The lowest BCUT2D eigenvalue weighted by Crippen LogP contribution is -2.37.